The fourth-order valence-corrected chi connectivity index (χ4v) is 3.33. The van der Waals surface area contributed by atoms with Crippen LogP contribution in [0.5, 0.6) is 17.2 Å². The maximum absolute atomic E-state index is 12.3. The fourth-order valence-electron chi connectivity index (χ4n) is 2.32. The Morgan fingerprint density at radius 1 is 1.13 bits per heavy atom. The van der Waals surface area contributed by atoms with Gasteiger partial charge in [0.15, 0.2) is 11.5 Å². The van der Waals surface area contributed by atoms with E-state index in [1.165, 1.54) is 7.11 Å². The maximum atomic E-state index is 12.3. The Labute approximate surface area is 135 Å². The highest BCUT2D eigenvalue weighted by molar-refractivity contribution is 7.89. The van der Waals surface area contributed by atoms with E-state index in [4.69, 9.17) is 14.2 Å². The number of ether oxygens (including phenoxy) is 3. The third kappa shape index (κ3) is 3.11. The zero-order valence-electron chi connectivity index (χ0n) is 12.8. The summed E-state index contributed by atoms with van der Waals surface area (Å²) in [7, 11) is -2.08. The SMILES string of the molecule is COc1c(CNS(=O)(=O)c2ccc(C)cc2)ccc2c1OCO2. The summed E-state index contributed by atoms with van der Waals surface area (Å²) in [4.78, 5) is 0.225. The summed E-state index contributed by atoms with van der Waals surface area (Å²) in [6.45, 7) is 2.13. The van der Waals surface area contributed by atoms with Crippen molar-refractivity contribution in [2.75, 3.05) is 13.9 Å². The molecule has 0 unspecified atom stereocenters. The molecule has 1 aliphatic rings. The molecule has 0 saturated carbocycles. The minimum Gasteiger partial charge on any atom is -0.492 e. The molecule has 0 bridgehead atoms. The van der Waals surface area contributed by atoms with Crippen LogP contribution in [0, 0.1) is 6.92 Å². The Balaban J connectivity index is 1.82. The summed E-state index contributed by atoms with van der Waals surface area (Å²) in [5, 5.41) is 0. The van der Waals surface area contributed by atoms with E-state index in [9.17, 15) is 8.42 Å². The largest absolute Gasteiger partial charge is 0.492 e. The molecule has 2 aromatic rings. The average molecular weight is 335 g/mol. The average Bonchev–Trinajstić information content (AvgIpc) is 3.01. The van der Waals surface area contributed by atoms with Crippen molar-refractivity contribution in [3.63, 3.8) is 0 Å². The molecule has 7 heteroatoms. The Kier molecular flexibility index (Phi) is 4.14. The lowest BCUT2D eigenvalue weighted by molar-refractivity contribution is 0.171. The van der Waals surface area contributed by atoms with Gasteiger partial charge in [-0.25, -0.2) is 13.1 Å². The third-order valence-corrected chi connectivity index (χ3v) is 4.98. The van der Waals surface area contributed by atoms with Gasteiger partial charge in [0.1, 0.15) is 0 Å². The van der Waals surface area contributed by atoms with Gasteiger partial charge in [-0.1, -0.05) is 23.8 Å². The lowest BCUT2D eigenvalue weighted by Gasteiger charge is -2.12. The van der Waals surface area contributed by atoms with Crippen LogP contribution >= 0.6 is 0 Å². The van der Waals surface area contributed by atoms with Crippen LogP contribution in [0.1, 0.15) is 11.1 Å². The van der Waals surface area contributed by atoms with Crippen LogP contribution < -0.4 is 18.9 Å². The molecule has 1 aliphatic heterocycles. The number of rotatable bonds is 5. The van der Waals surface area contributed by atoms with Gasteiger partial charge in [-0.05, 0) is 25.1 Å². The van der Waals surface area contributed by atoms with Crippen LogP contribution in [-0.2, 0) is 16.6 Å². The van der Waals surface area contributed by atoms with Gasteiger partial charge in [0.2, 0.25) is 22.6 Å². The first kappa shape index (κ1) is 15.6. The standard InChI is InChI=1S/C16H17NO5S/c1-11-3-6-13(7-4-11)23(18,19)17-9-12-5-8-14-16(15(12)20-2)22-10-21-14/h3-8,17H,9-10H2,1-2H3. The topological polar surface area (TPSA) is 73.9 Å². The Bertz CT molecular complexity index is 815. The summed E-state index contributed by atoms with van der Waals surface area (Å²) < 4.78 is 43.2. The van der Waals surface area contributed by atoms with Crippen molar-refractivity contribution in [3.05, 3.63) is 47.5 Å². The van der Waals surface area contributed by atoms with E-state index in [1.807, 2.05) is 6.92 Å². The number of hydrogen-bond acceptors (Lipinski definition) is 5. The first-order chi connectivity index (χ1) is 11.0. The van der Waals surface area contributed by atoms with Crippen molar-refractivity contribution < 1.29 is 22.6 Å². The molecule has 0 amide bonds. The minimum absolute atomic E-state index is 0.0933. The molecule has 2 aromatic carbocycles. The van der Waals surface area contributed by atoms with Crippen LogP contribution in [0.15, 0.2) is 41.3 Å². The van der Waals surface area contributed by atoms with Crippen LogP contribution in [0.4, 0.5) is 0 Å². The van der Waals surface area contributed by atoms with E-state index < -0.39 is 10.0 Å². The molecule has 3 rings (SSSR count). The number of nitrogens with one attached hydrogen (secondary N) is 1. The first-order valence-electron chi connectivity index (χ1n) is 7.03. The highest BCUT2D eigenvalue weighted by atomic mass is 32.2. The molecule has 0 spiro atoms. The van der Waals surface area contributed by atoms with Gasteiger partial charge >= 0.3 is 0 Å². The van der Waals surface area contributed by atoms with E-state index >= 15 is 0 Å². The molecule has 0 saturated heterocycles. The molecule has 0 radical (unpaired) electrons. The van der Waals surface area contributed by atoms with E-state index in [-0.39, 0.29) is 18.2 Å². The summed E-state index contributed by atoms with van der Waals surface area (Å²) in [6.07, 6.45) is 0. The van der Waals surface area contributed by atoms with E-state index in [0.717, 1.165) is 5.56 Å². The number of fused-ring (bicyclic) bond motifs is 1. The highest BCUT2D eigenvalue weighted by Crippen LogP contribution is 2.43. The molecule has 23 heavy (non-hydrogen) atoms. The van der Waals surface area contributed by atoms with Crippen molar-refractivity contribution >= 4 is 10.0 Å². The Morgan fingerprint density at radius 2 is 1.87 bits per heavy atom. The number of sulfonamides is 1. The second-order valence-electron chi connectivity index (χ2n) is 5.13. The van der Waals surface area contributed by atoms with Gasteiger partial charge in [0, 0.05) is 12.1 Å². The monoisotopic (exact) mass is 335 g/mol. The quantitative estimate of drug-likeness (QED) is 0.907. The van der Waals surface area contributed by atoms with Crippen LogP contribution in [0.2, 0.25) is 0 Å². The number of benzene rings is 2. The number of methoxy groups -OCH3 is 1. The van der Waals surface area contributed by atoms with Crippen LogP contribution in [-0.4, -0.2) is 22.3 Å². The second-order valence-corrected chi connectivity index (χ2v) is 6.90. The zero-order valence-corrected chi connectivity index (χ0v) is 13.6. The molecule has 0 fully saturated rings. The zero-order chi connectivity index (χ0) is 16.4. The molecule has 1 heterocycles. The normalized spacial score (nSPS) is 13.1. The van der Waals surface area contributed by atoms with Gasteiger partial charge in [0.25, 0.3) is 0 Å². The molecule has 0 aromatic heterocycles. The van der Waals surface area contributed by atoms with E-state index in [2.05, 4.69) is 4.72 Å². The first-order valence-corrected chi connectivity index (χ1v) is 8.51. The highest BCUT2D eigenvalue weighted by Gasteiger charge is 2.23. The van der Waals surface area contributed by atoms with Gasteiger partial charge in [-0.15, -0.1) is 0 Å². The van der Waals surface area contributed by atoms with Gasteiger partial charge in [-0.2, -0.15) is 0 Å². The molecule has 1 N–H and O–H groups in total. The lowest BCUT2D eigenvalue weighted by atomic mass is 10.2. The summed E-state index contributed by atoms with van der Waals surface area (Å²) >= 11 is 0. The van der Waals surface area contributed by atoms with Crippen molar-refractivity contribution in [1.82, 2.24) is 4.72 Å². The van der Waals surface area contributed by atoms with E-state index in [1.54, 1.807) is 36.4 Å². The maximum Gasteiger partial charge on any atom is 0.240 e. The molecular weight excluding hydrogens is 318 g/mol. The van der Waals surface area contributed by atoms with Crippen LogP contribution in [0.25, 0.3) is 0 Å². The van der Waals surface area contributed by atoms with E-state index in [0.29, 0.717) is 22.8 Å². The van der Waals surface area contributed by atoms with Crippen molar-refractivity contribution in [2.24, 2.45) is 0 Å². The predicted octanol–water partition coefficient (Wildman–Crippen LogP) is 2.21. The molecule has 0 atom stereocenters. The fraction of sp³-hybridized carbons (Fsp3) is 0.250. The van der Waals surface area contributed by atoms with Crippen LogP contribution in [0.3, 0.4) is 0 Å². The number of hydrogen-bond donors (Lipinski definition) is 1. The Morgan fingerprint density at radius 3 is 2.57 bits per heavy atom. The van der Waals surface area contributed by atoms with Crippen molar-refractivity contribution in [1.29, 1.82) is 0 Å². The minimum atomic E-state index is -3.59. The second kappa shape index (κ2) is 6.10. The Hall–Kier alpha value is -2.25. The summed E-state index contributed by atoms with van der Waals surface area (Å²) in [5.41, 5.74) is 1.67. The number of aryl methyl sites for hydroxylation is 1. The van der Waals surface area contributed by atoms with Gasteiger partial charge in [0.05, 0.1) is 12.0 Å². The molecule has 0 aliphatic carbocycles. The molecule has 122 valence electrons. The molecule has 6 nitrogen and oxygen atoms in total. The predicted molar refractivity (Wildman–Crippen MR) is 84.3 cm³/mol. The van der Waals surface area contributed by atoms with Gasteiger partial charge in [-0.3, -0.25) is 0 Å². The van der Waals surface area contributed by atoms with Gasteiger partial charge < -0.3 is 14.2 Å². The molecular formula is C16H17NO5S. The lowest BCUT2D eigenvalue weighted by Crippen LogP contribution is -2.23. The smallest absolute Gasteiger partial charge is 0.240 e. The summed E-state index contributed by atoms with van der Waals surface area (Å²) in [6, 6.07) is 10.2. The van der Waals surface area contributed by atoms with Crippen molar-refractivity contribution in [3.8, 4) is 17.2 Å². The van der Waals surface area contributed by atoms with Crippen molar-refractivity contribution in [2.45, 2.75) is 18.4 Å². The summed E-state index contributed by atoms with van der Waals surface area (Å²) in [5.74, 6) is 1.57. The third-order valence-electron chi connectivity index (χ3n) is 3.56.